The number of carbonyl (C=O) groups is 3. The molecule has 1 amide bonds. The predicted octanol–water partition coefficient (Wildman–Crippen LogP) is 6.68. The van der Waals surface area contributed by atoms with E-state index in [0.717, 1.165) is 12.1 Å². The summed E-state index contributed by atoms with van der Waals surface area (Å²) in [5, 5.41) is 15.1. The molecule has 0 saturated carbocycles. The highest BCUT2D eigenvalue weighted by molar-refractivity contribution is 6.11. The lowest BCUT2D eigenvalue weighted by Gasteiger charge is -2.12. The van der Waals surface area contributed by atoms with E-state index in [0.29, 0.717) is 17.0 Å². The maximum atomic E-state index is 13.5. The fourth-order valence-corrected chi connectivity index (χ4v) is 3.73. The lowest BCUT2D eigenvalue weighted by molar-refractivity contribution is 0.0697. The van der Waals surface area contributed by atoms with Crippen molar-refractivity contribution >= 4 is 34.7 Å². The van der Waals surface area contributed by atoms with Crippen LogP contribution < -0.4 is 15.4 Å². The van der Waals surface area contributed by atoms with Crippen LogP contribution in [0.2, 0.25) is 0 Å². The maximum absolute atomic E-state index is 13.5. The molecule has 0 aromatic heterocycles. The first kappa shape index (κ1) is 27.0. The molecule has 3 N–H and O–H groups in total. The van der Waals surface area contributed by atoms with Gasteiger partial charge in [0.15, 0.2) is 17.4 Å². The van der Waals surface area contributed by atoms with Crippen LogP contribution in [0.5, 0.6) is 5.75 Å². The van der Waals surface area contributed by atoms with Crippen molar-refractivity contribution in [3.8, 4) is 5.75 Å². The van der Waals surface area contributed by atoms with Crippen molar-refractivity contribution in [1.82, 2.24) is 0 Å². The predicted molar refractivity (Wildman–Crippen MR) is 143 cm³/mol. The zero-order valence-corrected chi connectivity index (χ0v) is 21.0. The van der Waals surface area contributed by atoms with E-state index in [-0.39, 0.29) is 40.1 Å². The third-order valence-electron chi connectivity index (χ3n) is 5.60. The summed E-state index contributed by atoms with van der Waals surface area (Å²) in [7, 11) is 0. The minimum Gasteiger partial charge on any atom is -0.491 e. The van der Waals surface area contributed by atoms with Crippen LogP contribution in [0.3, 0.4) is 0 Å². The Morgan fingerprint density at radius 1 is 0.744 bits per heavy atom. The molecule has 0 spiro atoms. The average molecular weight is 531 g/mol. The maximum Gasteiger partial charge on any atom is 0.337 e. The normalized spacial score (nSPS) is 10.7. The molecule has 9 heteroatoms. The molecule has 198 valence electrons. The first-order valence-corrected chi connectivity index (χ1v) is 11.9. The van der Waals surface area contributed by atoms with Crippen LogP contribution in [0, 0.1) is 11.6 Å². The highest BCUT2D eigenvalue weighted by Gasteiger charge is 2.17. The molecule has 0 atom stereocenters. The van der Waals surface area contributed by atoms with Gasteiger partial charge in [-0.2, -0.15) is 0 Å². The van der Waals surface area contributed by atoms with Crippen molar-refractivity contribution in [2.24, 2.45) is 0 Å². The van der Waals surface area contributed by atoms with Crippen LogP contribution in [-0.4, -0.2) is 28.9 Å². The van der Waals surface area contributed by atoms with Crippen LogP contribution in [-0.2, 0) is 0 Å². The number of benzene rings is 4. The lowest BCUT2D eigenvalue weighted by atomic mass is 10.00. The second-order valence-electron chi connectivity index (χ2n) is 8.87. The first-order valence-electron chi connectivity index (χ1n) is 11.9. The smallest absolute Gasteiger partial charge is 0.337 e. The fraction of sp³-hybridized carbons (Fsp3) is 0.100. The number of anilines is 3. The van der Waals surface area contributed by atoms with Gasteiger partial charge in [-0.25, -0.2) is 13.6 Å². The molecule has 0 aliphatic heterocycles. The minimum atomic E-state index is -1.31. The largest absolute Gasteiger partial charge is 0.491 e. The molecule has 4 aromatic rings. The monoisotopic (exact) mass is 530 g/mol. The Kier molecular flexibility index (Phi) is 8.00. The summed E-state index contributed by atoms with van der Waals surface area (Å²) in [6.45, 7) is 3.82. The summed E-state index contributed by atoms with van der Waals surface area (Å²) in [5.74, 6) is -3.54. The lowest BCUT2D eigenvalue weighted by Crippen LogP contribution is -2.12. The number of ketones is 1. The number of aromatic carboxylic acids is 1. The number of halogens is 2. The Bertz CT molecular complexity index is 1530. The van der Waals surface area contributed by atoms with E-state index in [1.807, 2.05) is 13.8 Å². The molecule has 0 saturated heterocycles. The Labute approximate surface area is 223 Å². The molecule has 0 fully saturated rings. The van der Waals surface area contributed by atoms with E-state index in [1.54, 1.807) is 36.4 Å². The SMILES string of the molecule is CC(C)Oc1ccc(C(=O)Nc2ccc(C(=O)c3ccc(Nc4ccc(F)c(F)c4)c(C(=O)O)c3)cc2)cc1. The zero-order chi connectivity index (χ0) is 28.1. The highest BCUT2D eigenvalue weighted by atomic mass is 19.2. The fourth-order valence-electron chi connectivity index (χ4n) is 3.73. The molecule has 0 unspecified atom stereocenters. The quantitative estimate of drug-likeness (QED) is 0.209. The van der Waals surface area contributed by atoms with Crippen molar-refractivity contribution in [3.05, 3.63) is 119 Å². The summed E-state index contributed by atoms with van der Waals surface area (Å²) in [5.41, 5.74) is 1.32. The van der Waals surface area contributed by atoms with E-state index in [4.69, 9.17) is 4.74 Å². The van der Waals surface area contributed by atoms with Gasteiger partial charge in [0.05, 0.1) is 17.4 Å². The molecule has 0 aliphatic carbocycles. The van der Waals surface area contributed by atoms with Crippen LogP contribution in [0.1, 0.15) is 50.5 Å². The van der Waals surface area contributed by atoms with Crippen LogP contribution >= 0.6 is 0 Å². The summed E-state index contributed by atoms with van der Waals surface area (Å²) in [6.07, 6.45) is 0.0172. The topological polar surface area (TPSA) is 105 Å². The molecule has 7 nitrogen and oxygen atoms in total. The number of carboxylic acid groups (broad SMARTS) is 1. The Balaban J connectivity index is 1.47. The van der Waals surface area contributed by atoms with Crippen molar-refractivity contribution in [1.29, 1.82) is 0 Å². The average Bonchev–Trinajstić information content (AvgIpc) is 2.91. The molecule has 0 bridgehead atoms. The number of rotatable bonds is 9. The summed E-state index contributed by atoms with van der Waals surface area (Å²) in [6, 6.07) is 20.0. The van der Waals surface area contributed by atoms with Gasteiger partial charge in [0.25, 0.3) is 5.91 Å². The summed E-state index contributed by atoms with van der Waals surface area (Å²) >= 11 is 0. The van der Waals surface area contributed by atoms with Gasteiger partial charge in [0.1, 0.15) is 5.75 Å². The van der Waals surface area contributed by atoms with Gasteiger partial charge in [-0.05, 0) is 92.7 Å². The van der Waals surface area contributed by atoms with Crippen LogP contribution in [0.4, 0.5) is 25.8 Å². The van der Waals surface area contributed by atoms with Crippen molar-refractivity contribution in [2.75, 3.05) is 10.6 Å². The Morgan fingerprint density at radius 3 is 1.97 bits per heavy atom. The number of nitrogens with one attached hydrogen (secondary N) is 2. The third-order valence-corrected chi connectivity index (χ3v) is 5.60. The third kappa shape index (κ3) is 6.64. The molecule has 4 aromatic carbocycles. The minimum absolute atomic E-state index is 0.0172. The molecule has 0 radical (unpaired) electrons. The number of carbonyl (C=O) groups excluding carboxylic acids is 2. The standard InChI is InChI=1S/C30H24F2N2O5/c1-17(2)39-23-11-5-19(6-12-23)29(36)34-21-8-3-18(4-9-21)28(35)20-7-14-27(24(15-20)30(37)38)33-22-10-13-25(31)26(32)16-22/h3-17,33H,1-2H3,(H,34,36)(H,37,38). The molecule has 39 heavy (non-hydrogen) atoms. The van der Waals surface area contributed by atoms with Gasteiger partial charge >= 0.3 is 5.97 Å². The van der Waals surface area contributed by atoms with Gasteiger partial charge in [-0.1, -0.05) is 0 Å². The van der Waals surface area contributed by atoms with E-state index in [1.165, 1.54) is 36.4 Å². The van der Waals surface area contributed by atoms with Crippen LogP contribution in [0.15, 0.2) is 84.9 Å². The Hall–Kier alpha value is -5.05. The summed E-state index contributed by atoms with van der Waals surface area (Å²) < 4.78 is 32.3. The number of ether oxygens (including phenoxy) is 1. The van der Waals surface area contributed by atoms with Gasteiger partial charge in [0, 0.05) is 34.1 Å². The van der Waals surface area contributed by atoms with Gasteiger partial charge in [-0.15, -0.1) is 0 Å². The second kappa shape index (κ2) is 11.6. The molecular formula is C30H24F2N2O5. The molecular weight excluding hydrogens is 506 g/mol. The second-order valence-corrected chi connectivity index (χ2v) is 8.87. The zero-order valence-electron chi connectivity index (χ0n) is 21.0. The highest BCUT2D eigenvalue weighted by Crippen LogP contribution is 2.25. The van der Waals surface area contributed by atoms with Crippen LogP contribution in [0.25, 0.3) is 0 Å². The molecule has 4 rings (SSSR count). The van der Waals surface area contributed by atoms with Gasteiger partial charge < -0.3 is 20.5 Å². The Morgan fingerprint density at radius 2 is 1.36 bits per heavy atom. The van der Waals surface area contributed by atoms with Crippen molar-refractivity contribution in [3.63, 3.8) is 0 Å². The number of amides is 1. The molecule has 0 heterocycles. The number of hydrogen-bond donors (Lipinski definition) is 3. The van der Waals surface area contributed by atoms with E-state index < -0.39 is 23.4 Å². The number of hydrogen-bond acceptors (Lipinski definition) is 5. The van der Waals surface area contributed by atoms with E-state index in [9.17, 15) is 28.3 Å². The van der Waals surface area contributed by atoms with E-state index >= 15 is 0 Å². The van der Waals surface area contributed by atoms with Gasteiger partial charge in [-0.3, -0.25) is 9.59 Å². The van der Waals surface area contributed by atoms with Crippen molar-refractivity contribution < 1.29 is 33.0 Å². The first-order chi connectivity index (χ1) is 18.6. The summed E-state index contributed by atoms with van der Waals surface area (Å²) in [4.78, 5) is 37.4. The van der Waals surface area contributed by atoms with Crippen molar-refractivity contribution in [2.45, 2.75) is 20.0 Å². The number of carboxylic acids is 1. The van der Waals surface area contributed by atoms with Gasteiger partial charge in [0.2, 0.25) is 0 Å². The van der Waals surface area contributed by atoms with E-state index in [2.05, 4.69) is 10.6 Å². The molecule has 0 aliphatic rings.